The summed E-state index contributed by atoms with van der Waals surface area (Å²) in [6.07, 6.45) is -0.390. The predicted octanol–water partition coefficient (Wildman–Crippen LogP) is 6.43. The first-order valence-electron chi connectivity index (χ1n) is 17.1. The van der Waals surface area contributed by atoms with E-state index in [9.17, 15) is 19.8 Å². The van der Waals surface area contributed by atoms with Crippen molar-refractivity contribution in [1.82, 2.24) is 0 Å². The van der Waals surface area contributed by atoms with Crippen molar-refractivity contribution in [2.75, 3.05) is 18.8 Å². The second-order valence-electron chi connectivity index (χ2n) is 16.3. The molecule has 2 N–H and O–H groups in total. The van der Waals surface area contributed by atoms with Gasteiger partial charge in [-0.25, -0.2) is 4.79 Å². The summed E-state index contributed by atoms with van der Waals surface area (Å²) in [5.74, 6) is -1.66. The Morgan fingerprint density at radius 2 is 1.67 bits per heavy atom. The SMILES string of the molecule is CSCOC1CC2OCC2(O)C2C(OC(=O)c3ccccc3)C3(O)CC(OC(=O)[C@H](C)C(C)C)C(C)=C([C@@H](C)C(C)(C)[C@]12C)C3(C)C.[Ac]. The topological polar surface area (TPSA) is 112 Å². The van der Waals surface area contributed by atoms with E-state index in [1.807, 2.05) is 53.9 Å². The molecule has 1 heterocycles. The second kappa shape index (κ2) is 14.2. The van der Waals surface area contributed by atoms with E-state index in [4.69, 9.17) is 18.9 Å². The fraction of sp³-hybridized carbons (Fsp3) is 0.737. The van der Waals surface area contributed by atoms with Gasteiger partial charge in [-0.1, -0.05) is 86.1 Å². The van der Waals surface area contributed by atoms with E-state index in [0.29, 0.717) is 17.9 Å². The van der Waals surface area contributed by atoms with Gasteiger partial charge in [-0.05, 0) is 48.1 Å². The molecule has 0 spiro atoms. The first-order valence-corrected chi connectivity index (χ1v) is 18.5. The number of esters is 2. The van der Waals surface area contributed by atoms with Crippen LogP contribution in [0.2, 0.25) is 0 Å². The van der Waals surface area contributed by atoms with Crippen LogP contribution in [-0.2, 0) is 23.7 Å². The Kier molecular flexibility index (Phi) is 11.9. The van der Waals surface area contributed by atoms with Gasteiger partial charge in [0.25, 0.3) is 0 Å². The van der Waals surface area contributed by atoms with Crippen LogP contribution in [0.3, 0.4) is 0 Å². The molecule has 0 amide bonds. The molecule has 48 heavy (non-hydrogen) atoms. The summed E-state index contributed by atoms with van der Waals surface area (Å²) in [5, 5.41) is 26.2. The molecule has 1 saturated heterocycles. The number of carbonyl (C=O) groups excluding carboxylic acids is 2. The minimum atomic E-state index is -1.74. The van der Waals surface area contributed by atoms with E-state index in [0.717, 1.165) is 11.1 Å². The third-order valence-corrected chi connectivity index (χ3v) is 13.8. The minimum Gasteiger partial charge on any atom is -0.458 e. The molecule has 1 aromatic rings. The van der Waals surface area contributed by atoms with Crippen molar-refractivity contribution in [2.45, 2.75) is 118 Å². The van der Waals surface area contributed by atoms with Gasteiger partial charge in [0.2, 0.25) is 0 Å². The molecule has 3 aliphatic carbocycles. The summed E-state index contributed by atoms with van der Waals surface area (Å²) in [4.78, 5) is 27.6. The maximum Gasteiger partial charge on any atom is 0.338 e. The Labute approximate surface area is 327 Å². The molecule has 4 aliphatic rings. The molecular formula is C38H56AcO8S. The number of hydrogen-bond donors (Lipinski definition) is 2. The van der Waals surface area contributed by atoms with Gasteiger partial charge < -0.3 is 29.2 Å². The Morgan fingerprint density at radius 3 is 2.21 bits per heavy atom. The Balaban J connectivity index is 0.00000520. The number of rotatable bonds is 8. The summed E-state index contributed by atoms with van der Waals surface area (Å²) in [6, 6.07) is 8.75. The van der Waals surface area contributed by atoms with Crippen LogP contribution in [0.15, 0.2) is 41.5 Å². The van der Waals surface area contributed by atoms with Gasteiger partial charge in [-0.3, -0.25) is 4.79 Å². The van der Waals surface area contributed by atoms with Gasteiger partial charge in [0.05, 0.1) is 36.2 Å². The second-order valence-corrected chi connectivity index (χ2v) is 17.1. The molecular weight excluding hydrogens is 843 g/mol. The van der Waals surface area contributed by atoms with Crippen LogP contribution < -0.4 is 0 Å². The quantitative estimate of drug-likeness (QED) is 0.173. The molecule has 0 aromatic heterocycles. The van der Waals surface area contributed by atoms with Crippen molar-refractivity contribution in [3.05, 3.63) is 47.0 Å². The monoisotopic (exact) mass is 899 g/mol. The third-order valence-electron chi connectivity index (χ3n) is 13.5. The maximum atomic E-state index is 14.1. The molecule has 2 saturated carbocycles. The number of benzene rings is 1. The first kappa shape index (κ1) is 40.3. The number of aliphatic hydroxyl groups is 2. The van der Waals surface area contributed by atoms with Crippen molar-refractivity contribution in [2.24, 2.45) is 39.9 Å². The largest absolute Gasteiger partial charge is 0.458 e. The van der Waals surface area contributed by atoms with Crippen LogP contribution in [0, 0.1) is 84.0 Å². The molecule has 1 radical (unpaired) electrons. The smallest absolute Gasteiger partial charge is 0.338 e. The molecule has 8 nitrogen and oxygen atoms in total. The predicted molar refractivity (Wildman–Crippen MR) is 183 cm³/mol. The number of thioether (sulfide) groups is 1. The summed E-state index contributed by atoms with van der Waals surface area (Å²) < 4.78 is 25.6. The first-order chi connectivity index (χ1) is 21.8. The zero-order chi connectivity index (χ0) is 34.9. The fourth-order valence-corrected chi connectivity index (χ4v) is 9.80. The van der Waals surface area contributed by atoms with Crippen LogP contribution >= 0.6 is 11.8 Å². The van der Waals surface area contributed by atoms with Gasteiger partial charge in [-0.2, -0.15) is 0 Å². The van der Waals surface area contributed by atoms with Crippen LogP contribution in [-0.4, -0.2) is 76.6 Å². The molecule has 2 bridgehead atoms. The molecule has 7 unspecified atom stereocenters. The van der Waals surface area contributed by atoms with Crippen LogP contribution in [0.1, 0.15) is 92.4 Å². The summed E-state index contributed by atoms with van der Waals surface area (Å²) >= 11 is 1.58. The summed E-state index contributed by atoms with van der Waals surface area (Å²) in [5.41, 5.74) is -3.20. The van der Waals surface area contributed by atoms with Crippen LogP contribution in [0.5, 0.6) is 0 Å². The van der Waals surface area contributed by atoms with Gasteiger partial charge in [0.1, 0.15) is 23.4 Å². The standard InChI is InChI=1S/C38H56O8S.Ac/c1-21(2)22(3)32(39)45-26-18-38(42)31(46-33(40)25-15-13-12-14-16-25)30-36(10,27(44-20-47-11)17-28-37(30,41)19-43-28)34(6,7)24(5)29(23(26)4)35(38,8)9;/h12-16,21-22,24,26-28,30-31,41-42H,17-20H2,1-11H3;/t22-,24-,26?,27?,28?,30?,31?,36-,37?,38?;/m1./s1. The third kappa shape index (κ3) is 6.01. The van der Waals surface area contributed by atoms with E-state index in [2.05, 4.69) is 27.7 Å². The zero-order valence-corrected chi connectivity index (χ0v) is 36.2. The zero-order valence-electron chi connectivity index (χ0n) is 30.7. The normalized spacial score (nSPS) is 38.6. The number of carbonyl (C=O) groups is 2. The van der Waals surface area contributed by atoms with E-state index >= 15 is 0 Å². The summed E-state index contributed by atoms with van der Waals surface area (Å²) in [7, 11) is 0. The maximum absolute atomic E-state index is 14.1. The molecule has 3 fully saturated rings. The molecule has 265 valence electrons. The Hall–Kier alpha value is -0.468. The van der Waals surface area contributed by atoms with Crippen molar-refractivity contribution in [1.29, 1.82) is 0 Å². The average molecular weight is 900 g/mol. The van der Waals surface area contributed by atoms with Gasteiger partial charge in [-0.15, -0.1) is 11.8 Å². The minimum absolute atomic E-state index is 0. The van der Waals surface area contributed by atoms with Gasteiger partial charge in [0.15, 0.2) is 0 Å². The molecule has 10 atom stereocenters. The molecule has 5 rings (SSSR count). The summed E-state index contributed by atoms with van der Waals surface area (Å²) in [6.45, 7) is 20.6. The van der Waals surface area contributed by atoms with Crippen molar-refractivity contribution >= 4 is 23.7 Å². The van der Waals surface area contributed by atoms with E-state index in [1.54, 1.807) is 36.0 Å². The molecule has 1 aliphatic heterocycles. The number of hydrogen-bond acceptors (Lipinski definition) is 9. The van der Waals surface area contributed by atoms with Gasteiger partial charge >= 0.3 is 11.9 Å². The van der Waals surface area contributed by atoms with E-state index in [-0.39, 0.29) is 86.9 Å². The molecule has 1 aromatic carbocycles. The van der Waals surface area contributed by atoms with Crippen LogP contribution in [0.25, 0.3) is 0 Å². The number of fused-ring (bicyclic) bond motifs is 5. The Morgan fingerprint density at radius 1 is 1.04 bits per heavy atom. The van der Waals surface area contributed by atoms with Crippen molar-refractivity contribution < 1.29 is 82.8 Å². The molecule has 10 heteroatoms. The Bertz CT molecular complexity index is 1400. The van der Waals surface area contributed by atoms with Crippen molar-refractivity contribution in [3.8, 4) is 0 Å². The van der Waals surface area contributed by atoms with Crippen LogP contribution in [0.4, 0.5) is 0 Å². The van der Waals surface area contributed by atoms with Crippen molar-refractivity contribution in [3.63, 3.8) is 0 Å². The van der Waals surface area contributed by atoms with E-state index < -0.39 is 57.6 Å². The number of ether oxygens (including phenoxy) is 4. The van der Waals surface area contributed by atoms with E-state index in [1.165, 1.54) is 0 Å². The average Bonchev–Trinajstić information content (AvgIpc) is 3.01. The fourth-order valence-electron chi connectivity index (χ4n) is 9.50. The van der Waals surface area contributed by atoms with Gasteiger partial charge in [0, 0.05) is 73.7 Å².